The van der Waals surface area contributed by atoms with Crippen molar-refractivity contribution in [3.8, 4) is 5.75 Å². The number of nitrogens with zero attached hydrogens (tertiary/aromatic N) is 1. The van der Waals surface area contributed by atoms with Gasteiger partial charge in [0.2, 0.25) is 0 Å². The van der Waals surface area contributed by atoms with Crippen molar-refractivity contribution in [3.05, 3.63) is 29.8 Å². The Hall–Kier alpha value is -1.06. The highest BCUT2D eigenvalue weighted by Crippen LogP contribution is 2.35. The number of ether oxygens (including phenoxy) is 1. The highest BCUT2D eigenvalue weighted by atomic mass is 16.5. The van der Waals surface area contributed by atoms with Gasteiger partial charge in [-0.15, -0.1) is 0 Å². The van der Waals surface area contributed by atoms with Crippen molar-refractivity contribution in [1.29, 1.82) is 0 Å². The molecule has 0 saturated carbocycles. The number of benzene rings is 1. The zero-order valence-corrected chi connectivity index (χ0v) is 11.1. The molecule has 0 aliphatic carbocycles. The van der Waals surface area contributed by atoms with Crippen LogP contribution in [0.2, 0.25) is 0 Å². The van der Waals surface area contributed by atoms with Crippen molar-refractivity contribution < 1.29 is 4.74 Å². The maximum Gasteiger partial charge on any atom is 0.122 e. The summed E-state index contributed by atoms with van der Waals surface area (Å²) in [5.41, 5.74) is 1.40. The Bertz CT molecular complexity index is 407. The zero-order valence-electron chi connectivity index (χ0n) is 11.1. The van der Waals surface area contributed by atoms with Crippen LogP contribution >= 0.6 is 0 Å². The predicted molar refractivity (Wildman–Crippen MR) is 73.2 cm³/mol. The molecule has 1 saturated heterocycles. The van der Waals surface area contributed by atoms with Crippen LogP contribution < -0.4 is 10.1 Å². The number of fused-ring (bicyclic) bond motifs is 1. The minimum atomic E-state index is 0.554. The van der Waals surface area contributed by atoms with Crippen molar-refractivity contribution in [2.45, 2.75) is 24.8 Å². The van der Waals surface area contributed by atoms with Crippen molar-refractivity contribution >= 4 is 0 Å². The summed E-state index contributed by atoms with van der Waals surface area (Å²) in [4.78, 5) is 2.63. The van der Waals surface area contributed by atoms with Crippen LogP contribution in [0.4, 0.5) is 0 Å². The van der Waals surface area contributed by atoms with Crippen molar-refractivity contribution in [2.24, 2.45) is 0 Å². The summed E-state index contributed by atoms with van der Waals surface area (Å²) in [6, 6.07) is 9.19. The van der Waals surface area contributed by atoms with Gasteiger partial charge in [0.15, 0.2) is 0 Å². The molecule has 2 atom stereocenters. The second-order valence-electron chi connectivity index (χ2n) is 5.39. The van der Waals surface area contributed by atoms with Gasteiger partial charge in [0.05, 0.1) is 6.61 Å². The fraction of sp³-hybridized carbons (Fsp3) is 0.600. The van der Waals surface area contributed by atoms with Gasteiger partial charge in [-0.1, -0.05) is 18.2 Å². The normalized spacial score (nSPS) is 27.2. The largest absolute Gasteiger partial charge is 0.493 e. The van der Waals surface area contributed by atoms with E-state index in [1.165, 1.54) is 24.9 Å². The molecule has 0 bridgehead atoms. The molecule has 1 aromatic carbocycles. The lowest BCUT2D eigenvalue weighted by molar-refractivity contribution is 0.217. The van der Waals surface area contributed by atoms with Crippen LogP contribution in [0.3, 0.4) is 0 Å². The van der Waals surface area contributed by atoms with Crippen LogP contribution in [0, 0.1) is 0 Å². The quantitative estimate of drug-likeness (QED) is 0.877. The van der Waals surface area contributed by atoms with Crippen molar-refractivity contribution in [2.75, 3.05) is 33.3 Å². The van der Waals surface area contributed by atoms with Crippen LogP contribution in [0.15, 0.2) is 24.3 Å². The maximum absolute atomic E-state index is 5.77. The Kier molecular flexibility index (Phi) is 3.52. The van der Waals surface area contributed by atoms with E-state index in [2.05, 4.69) is 34.5 Å². The fourth-order valence-corrected chi connectivity index (χ4v) is 3.27. The number of nitrogens with one attached hydrogen (secondary N) is 1. The zero-order chi connectivity index (χ0) is 12.4. The Morgan fingerprint density at radius 3 is 3.17 bits per heavy atom. The van der Waals surface area contributed by atoms with E-state index in [9.17, 15) is 0 Å². The van der Waals surface area contributed by atoms with Gasteiger partial charge in [-0.2, -0.15) is 0 Å². The average molecular weight is 246 g/mol. The first-order valence-corrected chi connectivity index (χ1v) is 6.99. The van der Waals surface area contributed by atoms with E-state index in [4.69, 9.17) is 4.74 Å². The van der Waals surface area contributed by atoms with Crippen LogP contribution in [0.1, 0.15) is 24.3 Å². The number of hydrogen-bond acceptors (Lipinski definition) is 3. The first-order valence-electron chi connectivity index (χ1n) is 6.99. The second kappa shape index (κ2) is 5.29. The lowest BCUT2D eigenvalue weighted by atomic mass is 10.0. The van der Waals surface area contributed by atoms with Gasteiger partial charge >= 0.3 is 0 Å². The minimum Gasteiger partial charge on any atom is -0.493 e. The van der Waals surface area contributed by atoms with Gasteiger partial charge in [-0.25, -0.2) is 0 Å². The molecule has 2 aliphatic heterocycles. The van der Waals surface area contributed by atoms with Gasteiger partial charge in [-0.3, -0.25) is 4.90 Å². The Balaban J connectivity index is 1.67. The third kappa shape index (κ3) is 2.25. The van der Waals surface area contributed by atoms with Gasteiger partial charge in [0.25, 0.3) is 0 Å². The van der Waals surface area contributed by atoms with Crippen LogP contribution in [-0.4, -0.2) is 44.2 Å². The molecule has 3 rings (SSSR count). The third-order valence-electron chi connectivity index (χ3n) is 4.19. The molecule has 2 aliphatic rings. The molecule has 1 fully saturated rings. The third-order valence-corrected chi connectivity index (χ3v) is 4.19. The molecule has 18 heavy (non-hydrogen) atoms. The standard InChI is InChI=1S/C15H22N2O/c1-16-9-13-5-4-8-17(13)10-12-11-18-15-7-3-2-6-14(12)15/h2-3,6-7,12-13,16H,4-5,8-11H2,1H3. The molecule has 1 N–H and O–H groups in total. The molecule has 0 aromatic heterocycles. The fourth-order valence-electron chi connectivity index (χ4n) is 3.27. The Morgan fingerprint density at radius 1 is 1.39 bits per heavy atom. The summed E-state index contributed by atoms with van der Waals surface area (Å²) >= 11 is 0. The summed E-state index contributed by atoms with van der Waals surface area (Å²) in [5, 5.41) is 3.31. The van der Waals surface area contributed by atoms with Crippen LogP contribution in [0.5, 0.6) is 5.75 Å². The van der Waals surface area contributed by atoms with E-state index < -0.39 is 0 Å². The Morgan fingerprint density at radius 2 is 2.28 bits per heavy atom. The van der Waals surface area contributed by atoms with Gasteiger partial charge in [0, 0.05) is 30.6 Å². The molecular formula is C15H22N2O. The van der Waals surface area contributed by atoms with E-state index in [1.54, 1.807) is 0 Å². The monoisotopic (exact) mass is 246 g/mol. The van der Waals surface area contributed by atoms with Gasteiger partial charge in [0.1, 0.15) is 5.75 Å². The molecule has 2 heterocycles. The molecule has 98 valence electrons. The van der Waals surface area contributed by atoms with E-state index in [0.29, 0.717) is 12.0 Å². The molecule has 3 nitrogen and oxygen atoms in total. The number of rotatable bonds is 4. The number of likely N-dealkylation sites (tertiary alicyclic amines) is 1. The Labute approximate surface area is 109 Å². The van der Waals surface area contributed by atoms with E-state index in [0.717, 1.165) is 25.4 Å². The lowest BCUT2D eigenvalue weighted by Gasteiger charge is -2.26. The highest BCUT2D eigenvalue weighted by Gasteiger charge is 2.30. The number of likely N-dealkylation sites (N-methyl/N-ethyl adjacent to an activating group) is 1. The lowest BCUT2D eigenvalue weighted by Crippen LogP contribution is -2.39. The molecule has 0 amide bonds. The molecule has 1 aromatic rings. The molecule has 0 spiro atoms. The SMILES string of the molecule is CNCC1CCCN1CC1COc2ccccc21. The maximum atomic E-state index is 5.77. The molecule has 2 unspecified atom stereocenters. The van der Waals surface area contributed by atoms with E-state index >= 15 is 0 Å². The van der Waals surface area contributed by atoms with Crippen LogP contribution in [-0.2, 0) is 0 Å². The van der Waals surface area contributed by atoms with Crippen LogP contribution in [0.25, 0.3) is 0 Å². The number of para-hydroxylation sites is 1. The average Bonchev–Trinajstić information content (AvgIpc) is 2.99. The molecular weight excluding hydrogens is 224 g/mol. The first-order chi connectivity index (χ1) is 8.88. The predicted octanol–water partition coefficient (Wildman–Crippen LogP) is 1.85. The smallest absolute Gasteiger partial charge is 0.122 e. The van der Waals surface area contributed by atoms with E-state index in [-0.39, 0.29) is 0 Å². The highest BCUT2D eigenvalue weighted by molar-refractivity contribution is 5.39. The minimum absolute atomic E-state index is 0.554. The summed E-state index contributed by atoms with van der Waals surface area (Å²) in [6.45, 7) is 4.34. The van der Waals surface area contributed by atoms with E-state index in [1.807, 2.05) is 7.05 Å². The second-order valence-corrected chi connectivity index (χ2v) is 5.39. The summed E-state index contributed by atoms with van der Waals surface area (Å²) < 4.78 is 5.77. The van der Waals surface area contributed by atoms with Gasteiger partial charge < -0.3 is 10.1 Å². The summed E-state index contributed by atoms with van der Waals surface area (Å²) in [5.74, 6) is 1.64. The molecule has 0 radical (unpaired) electrons. The molecule has 3 heteroatoms. The van der Waals surface area contributed by atoms with Crippen molar-refractivity contribution in [1.82, 2.24) is 10.2 Å². The number of hydrogen-bond donors (Lipinski definition) is 1. The summed E-state index contributed by atoms with van der Waals surface area (Å²) in [7, 11) is 2.05. The first kappa shape index (κ1) is 12.0. The topological polar surface area (TPSA) is 24.5 Å². The summed E-state index contributed by atoms with van der Waals surface area (Å²) in [6.07, 6.45) is 2.66. The van der Waals surface area contributed by atoms with Crippen molar-refractivity contribution in [3.63, 3.8) is 0 Å². The van der Waals surface area contributed by atoms with Gasteiger partial charge in [-0.05, 0) is 32.5 Å².